The molecule has 0 bridgehead atoms. The lowest BCUT2D eigenvalue weighted by atomic mass is 10.1. The molecule has 0 spiro atoms. The van der Waals surface area contributed by atoms with Crippen molar-refractivity contribution in [2.75, 3.05) is 11.4 Å². The monoisotopic (exact) mass is 337 g/mol. The number of hydrogen-bond acceptors (Lipinski definition) is 4. The highest BCUT2D eigenvalue weighted by Crippen LogP contribution is 2.35. The number of aryl methyl sites for hydroxylation is 2. The summed E-state index contributed by atoms with van der Waals surface area (Å²) in [4.78, 5) is 14.4. The Balaban J connectivity index is 1.94. The van der Waals surface area contributed by atoms with Crippen molar-refractivity contribution in [3.8, 4) is 11.6 Å². The number of alkyl halides is 2. The maximum absolute atomic E-state index is 12.8. The summed E-state index contributed by atoms with van der Waals surface area (Å²) < 4.78 is 36.0. The van der Waals surface area contributed by atoms with Crippen LogP contribution in [0.2, 0.25) is 0 Å². The fraction of sp³-hybridized carbons (Fsp3) is 0.375. The SMILES string of the molecule is Cc1ccc2c(c1)N(C(=O)c1cc(OC(F)F)n(C)n1)CC(C)O2. The van der Waals surface area contributed by atoms with Gasteiger partial charge in [0, 0.05) is 13.1 Å². The maximum Gasteiger partial charge on any atom is 0.388 e. The van der Waals surface area contributed by atoms with Crippen LogP contribution in [0.3, 0.4) is 0 Å². The lowest BCUT2D eigenvalue weighted by molar-refractivity contribution is -0.0553. The number of hydrogen-bond donors (Lipinski definition) is 0. The lowest BCUT2D eigenvalue weighted by Crippen LogP contribution is -2.42. The number of benzene rings is 1. The van der Waals surface area contributed by atoms with E-state index in [4.69, 9.17) is 4.74 Å². The number of halogens is 2. The smallest absolute Gasteiger partial charge is 0.388 e. The van der Waals surface area contributed by atoms with E-state index in [1.807, 2.05) is 32.0 Å². The predicted octanol–water partition coefficient (Wildman–Crippen LogP) is 2.76. The molecule has 0 radical (unpaired) electrons. The van der Waals surface area contributed by atoms with E-state index in [0.29, 0.717) is 18.0 Å². The normalized spacial score (nSPS) is 16.8. The number of carbonyl (C=O) groups is 1. The van der Waals surface area contributed by atoms with Gasteiger partial charge in [0.25, 0.3) is 5.91 Å². The summed E-state index contributed by atoms with van der Waals surface area (Å²) in [5.41, 5.74) is 1.65. The molecule has 2 aromatic rings. The van der Waals surface area contributed by atoms with Gasteiger partial charge in [-0.05, 0) is 31.5 Å². The summed E-state index contributed by atoms with van der Waals surface area (Å²) in [6.45, 7) is 1.13. The largest absolute Gasteiger partial charge is 0.487 e. The minimum Gasteiger partial charge on any atom is -0.487 e. The Bertz CT molecular complexity index is 776. The molecule has 6 nitrogen and oxygen atoms in total. The van der Waals surface area contributed by atoms with Gasteiger partial charge in [-0.3, -0.25) is 9.69 Å². The summed E-state index contributed by atoms with van der Waals surface area (Å²) in [7, 11) is 1.44. The molecule has 3 rings (SSSR count). The van der Waals surface area contributed by atoms with Crippen molar-refractivity contribution in [3.05, 3.63) is 35.5 Å². The first-order valence-corrected chi connectivity index (χ1v) is 7.43. The van der Waals surface area contributed by atoms with Crippen LogP contribution in [0.5, 0.6) is 11.6 Å². The van der Waals surface area contributed by atoms with Crippen LogP contribution in [-0.4, -0.2) is 34.9 Å². The van der Waals surface area contributed by atoms with Crippen LogP contribution < -0.4 is 14.4 Å². The molecule has 1 aromatic carbocycles. The first-order valence-electron chi connectivity index (χ1n) is 7.43. The third-order valence-corrected chi connectivity index (χ3v) is 3.68. The van der Waals surface area contributed by atoms with Crippen LogP contribution in [0.1, 0.15) is 23.0 Å². The van der Waals surface area contributed by atoms with Crippen molar-refractivity contribution in [3.63, 3.8) is 0 Å². The van der Waals surface area contributed by atoms with Crippen LogP contribution in [0.25, 0.3) is 0 Å². The second-order valence-corrected chi connectivity index (χ2v) is 5.69. The van der Waals surface area contributed by atoms with E-state index in [-0.39, 0.29) is 17.7 Å². The average Bonchev–Trinajstić information content (AvgIpc) is 2.86. The number of amides is 1. The second-order valence-electron chi connectivity index (χ2n) is 5.69. The molecule has 2 heterocycles. The Labute approximate surface area is 137 Å². The van der Waals surface area contributed by atoms with E-state index in [0.717, 1.165) is 10.2 Å². The first kappa shape index (κ1) is 16.2. The highest BCUT2D eigenvalue weighted by molar-refractivity contribution is 6.06. The fourth-order valence-electron chi connectivity index (χ4n) is 2.63. The molecular weight excluding hydrogens is 320 g/mol. The van der Waals surface area contributed by atoms with Crippen molar-refractivity contribution < 1.29 is 23.0 Å². The number of fused-ring (bicyclic) bond motifs is 1. The third-order valence-electron chi connectivity index (χ3n) is 3.68. The molecule has 0 saturated carbocycles. The molecule has 1 atom stereocenters. The zero-order chi connectivity index (χ0) is 17.4. The van der Waals surface area contributed by atoms with Gasteiger partial charge in [-0.15, -0.1) is 0 Å². The molecule has 1 unspecified atom stereocenters. The summed E-state index contributed by atoms with van der Waals surface area (Å²) in [5, 5.41) is 3.99. The van der Waals surface area contributed by atoms with Gasteiger partial charge >= 0.3 is 6.61 Å². The Morgan fingerprint density at radius 3 is 2.88 bits per heavy atom. The number of rotatable bonds is 3. The van der Waals surface area contributed by atoms with Gasteiger partial charge in [0.05, 0.1) is 12.2 Å². The zero-order valence-corrected chi connectivity index (χ0v) is 13.5. The van der Waals surface area contributed by atoms with Crippen molar-refractivity contribution >= 4 is 11.6 Å². The number of carbonyl (C=O) groups excluding carboxylic acids is 1. The van der Waals surface area contributed by atoms with E-state index >= 15 is 0 Å². The summed E-state index contributed by atoms with van der Waals surface area (Å²) in [5.74, 6) is 0.0449. The molecular formula is C16H17F2N3O3. The number of ether oxygens (including phenoxy) is 2. The lowest BCUT2D eigenvalue weighted by Gasteiger charge is -2.33. The van der Waals surface area contributed by atoms with Gasteiger partial charge < -0.3 is 9.47 Å². The van der Waals surface area contributed by atoms with E-state index in [9.17, 15) is 13.6 Å². The van der Waals surface area contributed by atoms with E-state index in [1.165, 1.54) is 13.1 Å². The Morgan fingerprint density at radius 1 is 1.42 bits per heavy atom. The zero-order valence-electron chi connectivity index (χ0n) is 13.5. The van der Waals surface area contributed by atoms with E-state index in [2.05, 4.69) is 9.84 Å². The molecule has 0 fully saturated rings. The van der Waals surface area contributed by atoms with Crippen molar-refractivity contribution in [2.24, 2.45) is 7.05 Å². The van der Waals surface area contributed by atoms with Gasteiger partial charge in [0.15, 0.2) is 5.69 Å². The van der Waals surface area contributed by atoms with E-state index < -0.39 is 12.5 Å². The molecule has 8 heteroatoms. The maximum atomic E-state index is 12.8. The molecule has 0 aliphatic carbocycles. The van der Waals surface area contributed by atoms with Gasteiger partial charge in [-0.2, -0.15) is 13.9 Å². The van der Waals surface area contributed by atoms with Crippen molar-refractivity contribution in [1.29, 1.82) is 0 Å². The van der Waals surface area contributed by atoms with Crippen LogP contribution in [0, 0.1) is 6.92 Å². The quantitative estimate of drug-likeness (QED) is 0.864. The third kappa shape index (κ3) is 3.04. The minimum atomic E-state index is -2.98. The van der Waals surface area contributed by atoms with Crippen molar-refractivity contribution in [1.82, 2.24) is 9.78 Å². The Hall–Kier alpha value is -2.64. The van der Waals surface area contributed by atoms with Crippen molar-refractivity contribution in [2.45, 2.75) is 26.6 Å². The molecule has 128 valence electrons. The van der Waals surface area contributed by atoms with Crippen LogP contribution in [-0.2, 0) is 7.05 Å². The molecule has 0 saturated heterocycles. The fourth-order valence-corrected chi connectivity index (χ4v) is 2.63. The van der Waals surface area contributed by atoms with Gasteiger partial charge in [0.1, 0.15) is 11.9 Å². The van der Waals surface area contributed by atoms with Gasteiger partial charge in [0.2, 0.25) is 5.88 Å². The topological polar surface area (TPSA) is 56.6 Å². The van der Waals surface area contributed by atoms with Crippen LogP contribution in [0.4, 0.5) is 14.5 Å². The molecule has 24 heavy (non-hydrogen) atoms. The minimum absolute atomic E-state index is 0.0368. The summed E-state index contributed by atoms with van der Waals surface area (Å²) in [6.07, 6.45) is -0.190. The van der Waals surface area contributed by atoms with Gasteiger partial charge in [-0.1, -0.05) is 6.07 Å². The predicted molar refractivity (Wildman–Crippen MR) is 82.8 cm³/mol. The van der Waals surface area contributed by atoms with Gasteiger partial charge in [-0.25, -0.2) is 4.68 Å². The molecule has 1 aliphatic rings. The summed E-state index contributed by atoms with van der Waals surface area (Å²) in [6, 6.07) is 6.77. The highest BCUT2D eigenvalue weighted by Gasteiger charge is 2.30. The molecule has 1 amide bonds. The molecule has 0 N–H and O–H groups in total. The Kier molecular flexibility index (Phi) is 4.13. The standard InChI is InChI=1S/C16H17F2N3O3/c1-9-4-5-13-12(6-9)21(8-10(2)23-13)15(22)11-7-14(20(3)19-11)24-16(17)18/h4-7,10,16H,8H2,1-3H3. The first-order chi connectivity index (χ1) is 11.3. The highest BCUT2D eigenvalue weighted by atomic mass is 19.3. The summed E-state index contributed by atoms with van der Waals surface area (Å²) >= 11 is 0. The van der Waals surface area contributed by atoms with E-state index in [1.54, 1.807) is 4.90 Å². The van der Waals surface area contributed by atoms with Crippen LogP contribution >= 0.6 is 0 Å². The average molecular weight is 337 g/mol. The Morgan fingerprint density at radius 2 is 2.17 bits per heavy atom. The number of anilines is 1. The molecule has 1 aliphatic heterocycles. The molecule has 1 aromatic heterocycles. The number of nitrogens with zero attached hydrogens (tertiary/aromatic N) is 3. The van der Waals surface area contributed by atoms with Crippen LogP contribution in [0.15, 0.2) is 24.3 Å². The second kappa shape index (κ2) is 6.10. The number of aromatic nitrogens is 2.